The number of nitrogens with zero attached hydrogens (tertiary/aromatic N) is 1. The molecule has 1 heterocycles. The van der Waals surface area contributed by atoms with Crippen molar-refractivity contribution in [3.63, 3.8) is 0 Å². The van der Waals surface area contributed by atoms with Gasteiger partial charge in [0.1, 0.15) is 12.1 Å². The predicted molar refractivity (Wildman–Crippen MR) is 78.0 cm³/mol. The van der Waals surface area contributed by atoms with Crippen LogP contribution in [-0.2, 0) is 25.5 Å². The van der Waals surface area contributed by atoms with Crippen molar-refractivity contribution in [1.82, 2.24) is 4.90 Å². The van der Waals surface area contributed by atoms with Crippen LogP contribution in [0.4, 0.5) is 4.79 Å². The van der Waals surface area contributed by atoms with E-state index in [1.54, 1.807) is 13.8 Å². The monoisotopic (exact) mass is 305 g/mol. The molecule has 22 heavy (non-hydrogen) atoms. The lowest BCUT2D eigenvalue weighted by molar-refractivity contribution is -0.149. The number of ether oxygens (including phenoxy) is 2. The molecule has 1 aromatic carbocycles. The Kier molecular flexibility index (Phi) is 5.14. The maximum absolute atomic E-state index is 12.2. The van der Waals surface area contributed by atoms with Crippen molar-refractivity contribution in [3.05, 3.63) is 35.9 Å². The number of aryl methyl sites for hydroxylation is 1. The van der Waals surface area contributed by atoms with Gasteiger partial charge in [0.2, 0.25) is 0 Å². The lowest BCUT2D eigenvalue weighted by Gasteiger charge is -2.26. The lowest BCUT2D eigenvalue weighted by Crippen LogP contribution is -2.47. The number of carbonyl (C=O) groups is 3. The third kappa shape index (κ3) is 3.44. The van der Waals surface area contributed by atoms with Gasteiger partial charge in [-0.25, -0.2) is 14.4 Å². The molecule has 6 heteroatoms. The molecule has 0 aliphatic carbocycles. The minimum absolute atomic E-state index is 0.214. The molecule has 0 spiro atoms. The Hall–Kier alpha value is -2.37. The van der Waals surface area contributed by atoms with E-state index >= 15 is 0 Å². The molecule has 0 radical (unpaired) electrons. The fourth-order valence-corrected chi connectivity index (χ4v) is 2.45. The highest BCUT2D eigenvalue weighted by Crippen LogP contribution is 2.21. The quantitative estimate of drug-likeness (QED) is 0.593. The first-order chi connectivity index (χ1) is 10.5. The van der Waals surface area contributed by atoms with Crippen LogP contribution in [0.1, 0.15) is 25.8 Å². The summed E-state index contributed by atoms with van der Waals surface area (Å²) in [6, 6.07) is 8.01. The molecular formula is C16H19NO5. The second-order valence-corrected chi connectivity index (χ2v) is 5.06. The first-order valence-electron chi connectivity index (χ1n) is 7.29. The Morgan fingerprint density at radius 2 is 2.00 bits per heavy atom. The summed E-state index contributed by atoms with van der Waals surface area (Å²) in [6.07, 6.45) is 0.175. The number of hydrogen-bond donors (Lipinski definition) is 0. The number of carbonyl (C=O) groups excluding carboxylic acids is 3. The van der Waals surface area contributed by atoms with Crippen LogP contribution in [0.2, 0.25) is 0 Å². The zero-order chi connectivity index (χ0) is 16.1. The van der Waals surface area contributed by atoms with Crippen LogP contribution in [0, 0.1) is 0 Å². The zero-order valence-electron chi connectivity index (χ0n) is 12.7. The molecule has 1 aromatic rings. The van der Waals surface area contributed by atoms with Crippen molar-refractivity contribution in [2.45, 2.75) is 38.8 Å². The van der Waals surface area contributed by atoms with E-state index < -0.39 is 30.1 Å². The van der Waals surface area contributed by atoms with Crippen molar-refractivity contribution >= 4 is 18.0 Å². The van der Waals surface area contributed by atoms with Crippen LogP contribution < -0.4 is 0 Å². The number of amides is 1. The summed E-state index contributed by atoms with van der Waals surface area (Å²) < 4.78 is 9.62. The van der Waals surface area contributed by atoms with Crippen LogP contribution in [0.5, 0.6) is 0 Å². The van der Waals surface area contributed by atoms with E-state index in [0.717, 1.165) is 5.56 Å². The number of esters is 2. The van der Waals surface area contributed by atoms with E-state index in [-0.39, 0.29) is 6.61 Å². The molecular weight excluding hydrogens is 286 g/mol. The molecule has 1 aliphatic heterocycles. The summed E-state index contributed by atoms with van der Waals surface area (Å²) in [5, 5.41) is 0. The number of benzene rings is 1. The van der Waals surface area contributed by atoms with Crippen LogP contribution in [0.25, 0.3) is 0 Å². The predicted octanol–water partition coefficient (Wildman–Crippen LogP) is 1.92. The fraction of sp³-hybridized carbons (Fsp3) is 0.438. The second-order valence-electron chi connectivity index (χ2n) is 5.06. The van der Waals surface area contributed by atoms with E-state index in [1.165, 1.54) is 4.90 Å². The Balaban J connectivity index is 2.14. The van der Waals surface area contributed by atoms with Crippen molar-refractivity contribution in [1.29, 1.82) is 0 Å². The molecule has 2 atom stereocenters. The van der Waals surface area contributed by atoms with Gasteiger partial charge in [-0.15, -0.1) is 0 Å². The van der Waals surface area contributed by atoms with Gasteiger partial charge < -0.3 is 9.47 Å². The number of rotatable bonds is 6. The van der Waals surface area contributed by atoms with Crippen molar-refractivity contribution in [2.75, 3.05) is 6.61 Å². The molecule has 6 nitrogen and oxygen atoms in total. The molecule has 0 saturated carbocycles. The maximum atomic E-state index is 12.2. The maximum Gasteiger partial charge on any atom is 0.419 e. The van der Waals surface area contributed by atoms with Gasteiger partial charge in [0, 0.05) is 0 Å². The SMILES string of the molecule is CCOC(=O)[C@H](CCc1ccccc1)N1C(=O)OC(=O)[C@H]1C. The van der Waals surface area contributed by atoms with E-state index in [0.29, 0.717) is 12.8 Å². The average molecular weight is 305 g/mol. The van der Waals surface area contributed by atoms with Gasteiger partial charge in [0.25, 0.3) is 0 Å². The number of cyclic esters (lactones) is 2. The third-order valence-electron chi connectivity index (χ3n) is 3.60. The van der Waals surface area contributed by atoms with Gasteiger partial charge >= 0.3 is 18.0 Å². The van der Waals surface area contributed by atoms with Crippen molar-refractivity contribution in [2.24, 2.45) is 0 Å². The molecule has 0 unspecified atom stereocenters. The molecule has 1 saturated heterocycles. The lowest BCUT2D eigenvalue weighted by atomic mass is 10.0. The minimum atomic E-state index is -0.825. The van der Waals surface area contributed by atoms with Gasteiger partial charge in [-0.3, -0.25) is 4.90 Å². The smallest absolute Gasteiger partial charge is 0.419 e. The van der Waals surface area contributed by atoms with E-state index in [9.17, 15) is 14.4 Å². The normalized spacial score (nSPS) is 19.0. The molecule has 0 aromatic heterocycles. The van der Waals surface area contributed by atoms with Crippen LogP contribution in [0.3, 0.4) is 0 Å². The molecule has 1 amide bonds. The van der Waals surface area contributed by atoms with Gasteiger partial charge in [-0.1, -0.05) is 30.3 Å². The van der Waals surface area contributed by atoms with E-state index in [4.69, 9.17) is 4.74 Å². The van der Waals surface area contributed by atoms with Crippen molar-refractivity contribution in [3.8, 4) is 0 Å². The second kappa shape index (κ2) is 7.06. The third-order valence-corrected chi connectivity index (χ3v) is 3.60. The number of hydrogen-bond acceptors (Lipinski definition) is 5. The van der Waals surface area contributed by atoms with Crippen LogP contribution in [-0.4, -0.2) is 41.6 Å². The molecule has 1 aliphatic rings. The first kappa shape index (κ1) is 16.0. The van der Waals surface area contributed by atoms with Gasteiger partial charge in [0.05, 0.1) is 6.61 Å². The van der Waals surface area contributed by atoms with Gasteiger partial charge in [0.15, 0.2) is 0 Å². The van der Waals surface area contributed by atoms with Crippen molar-refractivity contribution < 1.29 is 23.9 Å². The molecule has 0 N–H and O–H groups in total. The molecule has 1 fully saturated rings. The molecule has 0 bridgehead atoms. The Bertz CT molecular complexity index is 557. The average Bonchev–Trinajstić information content (AvgIpc) is 2.75. The van der Waals surface area contributed by atoms with E-state index in [2.05, 4.69) is 4.74 Å². The van der Waals surface area contributed by atoms with E-state index in [1.807, 2.05) is 30.3 Å². The highest BCUT2D eigenvalue weighted by atomic mass is 16.6. The zero-order valence-corrected chi connectivity index (χ0v) is 12.7. The summed E-state index contributed by atoms with van der Waals surface area (Å²) >= 11 is 0. The molecule has 118 valence electrons. The summed E-state index contributed by atoms with van der Waals surface area (Å²) in [6.45, 7) is 3.46. The summed E-state index contributed by atoms with van der Waals surface area (Å²) in [4.78, 5) is 36.7. The largest absolute Gasteiger partial charge is 0.464 e. The Morgan fingerprint density at radius 3 is 2.55 bits per heavy atom. The fourth-order valence-electron chi connectivity index (χ4n) is 2.45. The summed E-state index contributed by atoms with van der Waals surface area (Å²) in [5.41, 5.74) is 1.04. The Labute approximate surface area is 129 Å². The highest BCUT2D eigenvalue weighted by Gasteiger charge is 2.45. The summed E-state index contributed by atoms with van der Waals surface area (Å²) in [5.74, 6) is -1.16. The molecule has 2 rings (SSSR count). The van der Waals surface area contributed by atoms with Gasteiger partial charge in [-0.05, 0) is 32.3 Å². The highest BCUT2D eigenvalue weighted by molar-refractivity contribution is 5.97. The topological polar surface area (TPSA) is 72.9 Å². The standard InChI is InChI=1S/C16H19NO5/c1-3-21-15(19)13(10-9-12-7-5-4-6-8-12)17-11(2)14(18)22-16(17)20/h4-8,11,13H,3,9-10H2,1-2H3/t11-,13+/m1/s1. The Morgan fingerprint density at radius 1 is 1.32 bits per heavy atom. The van der Waals surface area contributed by atoms with Gasteiger partial charge in [-0.2, -0.15) is 0 Å². The minimum Gasteiger partial charge on any atom is -0.464 e. The van der Waals surface area contributed by atoms with Crippen LogP contribution >= 0.6 is 0 Å². The first-order valence-corrected chi connectivity index (χ1v) is 7.29. The van der Waals surface area contributed by atoms with Crippen LogP contribution in [0.15, 0.2) is 30.3 Å². The summed E-state index contributed by atoms with van der Waals surface area (Å²) in [7, 11) is 0.